The molecule has 19 heavy (non-hydrogen) atoms. The van der Waals surface area contributed by atoms with Crippen LogP contribution >= 0.6 is 22.9 Å². The van der Waals surface area contributed by atoms with E-state index < -0.39 is 0 Å². The van der Waals surface area contributed by atoms with E-state index in [9.17, 15) is 4.39 Å². The molecule has 0 saturated carbocycles. The Balaban J connectivity index is 2.26. The van der Waals surface area contributed by atoms with Gasteiger partial charge in [-0.15, -0.1) is 11.6 Å². The molecule has 0 aliphatic carbocycles. The standard InChI is InChI=1S/C14H12ClFN2S/c1-9(10-5-6-19-8-10)18-13(7-15)17-12-4-2-3-11(16)14(12)18/h2-6,8-9H,7H2,1H3. The molecule has 0 aliphatic rings. The lowest BCUT2D eigenvalue weighted by molar-refractivity contribution is 0.596. The molecule has 3 aromatic rings. The predicted octanol–water partition coefficient (Wildman–Crippen LogP) is 4.59. The van der Waals surface area contributed by atoms with Crippen molar-refractivity contribution in [2.45, 2.75) is 18.8 Å². The van der Waals surface area contributed by atoms with Gasteiger partial charge in [-0.1, -0.05) is 6.07 Å². The molecule has 5 heteroatoms. The molecule has 0 aliphatic heterocycles. The molecule has 0 spiro atoms. The van der Waals surface area contributed by atoms with Crippen LogP contribution in [0.15, 0.2) is 35.0 Å². The van der Waals surface area contributed by atoms with Gasteiger partial charge in [-0.25, -0.2) is 9.37 Å². The maximum atomic E-state index is 14.1. The molecule has 2 heterocycles. The van der Waals surface area contributed by atoms with Crippen molar-refractivity contribution in [3.8, 4) is 0 Å². The van der Waals surface area contributed by atoms with Crippen molar-refractivity contribution < 1.29 is 4.39 Å². The largest absolute Gasteiger partial charge is 0.317 e. The molecule has 0 N–H and O–H groups in total. The number of fused-ring (bicyclic) bond motifs is 1. The van der Waals surface area contributed by atoms with Gasteiger partial charge in [-0.05, 0) is 41.4 Å². The Kier molecular flexibility index (Phi) is 3.29. The van der Waals surface area contributed by atoms with E-state index in [1.54, 1.807) is 17.4 Å². The van der Waals surface area contributed by atoms with Gasteiger partial charge < -0.3 is 4.57 Å². The number of alkyl halides is 1. The normalized spacial score (nSPS) is 13.0. The Morgan fingerprint density at radius 3 is 2.95 bits per heavy atom. The topological polar surface area (TPSA) is 17.8 Å². The summed E-state index contributed by atoms with van der Waals surface area (Å²) in [4.78, 5) is 4.42. The molecule has 0 fully saturated rings. The van der Waals surface area contributed by atoms with Crippen LogP contribution in [0.4, 0.5) is 4.39 Å². The lowest BCUT2D eigenvalue weighted by Crippen LogP contribution is -2.09. The molecule has 2 nitrogen and oxygen atoms in total. The summed E-state index contributed by atoms with van der Waals surface area (Å²) in [6, 6.07) is 6.99. The van der Waals surface area contributed by atoms with Gasteiger partial charge in [0.05, 0.1) is 17.4 Å². The van der Waals surface area contributed by atoms with Crippen LogP contribution in [0.3, 0.4) is 0 Å². The van der Waals surface area contributed by atoms with Gasteiger partial charge in [-0.3, -0.25) is 0 Å². The fraction of sp³-hybridized carbons (Fsp3) is 0.214. The number of aromatic nitrogens is 2. The van der Waals surface area contributed by atoms with Crippen LogP contribution in [0.2, 0.25) is 0 Å². The highest BCUT2D eigenvalue weighted by atomic mass is 35.5. The highest BCUT2D eigenvalue weighted by molar-refractivity contribution is 7.07. The van der Waals surface area contributed by atoms with E-state index in [0.717, 1.165) is 5.56 Å². The van der Waals surface area contributed by atoms with Gasteiger partial charge >= 0.3 is 0 Å². The van der Waals surface area contributed by atoms with Crippen LogP contribution in [0.1, 0.15) is 24.4 Å². The second-order valence-corrected chi connectivity index (χ2v) is 5.42. The smallest absolute Gasteiger partial charge is 0.149 e. The van der Waals surface area contributed by atoms with E-state index in [1.165, 1.54) is 6.07 Å². The number of hydrogen-bond acceptors (Lipinski definition) is 2. The molecule has 3 rings (SSSR count). The summed E-state index contributed by atoms with van der Waals surface area (Å²) < 4.78 is 16.0. The van der Waals surface area contributed by atoms with Crippen molar-refractivity contribution in [1.29, 1.82) is 0 Å². The lowest BCUT2D eigenvalue weighted by Gasteiger charge is -2.16. The number of para-hydroxylation sites is 1. The monoisotopic (exact) mass is 294 g/mol. The minimum Gasteiger partial charge on any atom is -0.317 e. The minimum absolute atomic E-state index is 0.0156. The van der Waals surface area contributed by atoms with E-state index in [-0.39, 0.29) is 17.7 Å². The number of rotatable bonds is 3. The van der Waals surface area contributed by atoms with Gasteiger partial charge in [0, 0.05) is 0 Å². The predicted molar refractivity (Wildman–Crippen MR) is 77.4 cm³/mol. The van der Waals surface area contributed by atoms with E-state index in [2.05, 4.69) is 10.4 Å². The van der Waals surface area contributed by atoms with Gasteiger partial charge in [0.15, 0.2) is 0 Å². The van der Waals surface area contributed by atoms with Gasteiger partial charge in [0.1, 0.15) is 17.2 Å². The second kappa shape index (κ2) is 4.94. The average Bonchev–Trinajstić information content (AvgIpc) is 3.05. The van der Waals surface area contributed by atoms with Crippen molar-refractivity contribution in [2.75, 3.05) is 0 Å². The second-order valence-electron chi connectivity index (χ2n) is 4.37. The zero-order valence-corrected chi connectivity index (χ0v) is 11.9. The van der Waals surface area contributed by atoms with Gasteiger partial charge in [0.25, 0.3) is 0 Å². The van der Waals surface area contributed by atoms with Crippen LogP contribution in [0.5, 0.6) is 0 Å². The molecular weight excluding hydrogens is 283 g/mol. The van der Waals surface area contributed by atoms with Crippen molar-refractivity contribution >= 4 is 34.0 Å². The molecule has 98 valence electrons. The first-order chi connectivity index (χ1) is 9.22. The summed E-state index contributed by atoms with van der Waals surface area (Å²) in [5.74, 6) is 0.701. The maximum absolute atomic E-state index is 14.1. The first-order valence-corrected chi connectivity index (χ1v) is 7.43. The molecule has 1 aromatic carbocycles. The number of halogens is 2. The molecule has 0 amide bonds. The Hall–Kier alpha value is -1.39. The summed E-state index contributed by atoms with van der Waals surface area (Å²) in [5.41, 5.74) is 2.31. The number of benzene rings is 1. The van der Waals surface area contributed by atoms with Gasteiger partial charge in [0.2, 0.25) is 0 Å². The third kappa shape index (κ3) is 2.05. The molecule has 0 bridgehead atoms. The van der Waals surface area contributed by atoms with E-state index in [4.69, 9.17) is 11.6 Å². The average molecular weight is 295 g/mol. The maximum Gasteiger partial charge on any atom is 0.149 e. The Morgan fingerprint density at radius 1 is 1.42 bits per heavy atom. The summed E-state index contributed by atoms with van der Waals surface area (Å²) in [6.45, 7) is 2.03. The molecule has 0 radical (unpaired) electrons. The first-order valence-electron chi connectivity index (χ1n) is 5.95. The molecule has 2 aromatic heterocycles. The van der Waals surface area contributed by atoms with E-state index in [1.807, 2.05) is 29.0 Å². The SMILES string of the molecule is CC(c1ccsc1)n1c(CCl)nc2cccc(F)c21. The van der Waals surface area contributed by atoms with E-state index in [0.29, 0.717) is 16.9 Å². The first kappa shape index (κ1) is 12.6. The lowest BCUT2D eigenvalue weighted by atomic mass is 10.1. The van der Waals surface area contributed by atoms with Crippen LogP contribution < -0.4 is 0 Å². The molecule has 1 atom stereocenters. The minimum atomic E-state index is -0.261. The van der Waals surface area contributed by atoms with Crippen molar-refractivity contribution in [3.63, 3.8) is 0 Å². The molecule has 1 unspecified atom stereocenters. The zero-order valence-electron chi connectivity index (χ0n) is 10.3. The fourth-order valence-corrected chi connectivity index (χ4v) is 3.26. The van der Waals surface area contributed by atoms with Crippen molar-refractivity contribution in [2.24, 2.45) is 0 Å². The van der Waals surface area contributed by atoms with E-state index >= 15 is 0 Å². The number of thiophene rings is 1. The fourth-order valence-electron chi connectivity index (χ4n) is 2.33. The Labute approximate surface area is 119 Å². The Bertz CT molecular complexity index is 706. The third-order valence-corrected chi connectivity index (χ3v) is 4.21. The summed E-state index contributed by atoms with van der Waals surface area (Å²) in [7, 11) is 0. The Morgan fingerprint density at radius 2 is 2.26 bits per heavy atom. The number of imidazole rings is 1. The zero-order chi connectivity index (χ0) is 13.4. The van der Waals surface area contributed by atoms with Crippen molar-refractivity contribution in [1.82, 2.24) is 9.55 Å². The highest BCUT2D eigenvalue weighted by Crippen LogP contribution is 2.29. The number of nitrogens with zero attached hydrogens (tertiary/aromatic N) is 2. The molecule has 0 saturated heterocycles. The summed E-state index contributed by atoms with van der Waals surface area (Å²) >= 11 is 7.59. The highest BCUT2D eigenvalue weighted by Gasteiger charge is 2.19. The summed E-state index contributed by atoms with van der Waals surface area (Å²) in [6.07, 6.45) is 0. The quantitative estimate of drug-likeness (QED) is 0.646. The summed E-state index contributed by atoms with van der Waals surface area (Å²) in [5, 5.41) is 4.08. The van der Waals surface area contributed by atoms with Crippen LogP contribution in [-0.4, -0.2) is 9.55 Å². The number of hydrogen-bond donors (Lipinski definition) is 0. The molecular formula is C14H12ClFN2S. The van der Waals surface area contributed by atoms with Crippen LogP contribution in [-0.2, 0) is 5.88 Å². The van der Waals surface area contributed by atoms with Crippen LogP contribution in [0, 0.1) is 5.82 Å². The van der Waals surface area contributed by atoms with Crippen LogP contribution in [0.25, 0.3) is 11.0 Å². The van der Waals surface area contributed by atoms with Gasteiger partial charge in [-0.2, -0.15) is 11.3 Å². The third-order valence-electron chi connectivity index (χ3n) is 3.27. The van der Waals surface area contributed by atoms with Crippen molar-refractivity contribution in [3.05, 3.63) is 52.2 Å².